The van der Waals surface area contributed by atoms with E-state index in [1.807, 2.05) is 69.9 Å². The lowest BCUT2D eigenvalue weighted by Gasteiger charge is -2.34. The molecule has 2 aliphatic rings. The number of carbonyl (C=O) groups is 4. The van der Waals surface area contributed by atoms with Gasteiger partial charge in [-0.2, -0.15) is 0 Å². The number of hydrogen-bond donors (Lipinski definition) is 5. The SMILES string of the molecule is COC(=O)NC(C(=O)N(C(C)c1ncc(-c2ccc(-c3ccc(-c4ccc(-c5cnc(C(C)N(C(=O)C(NC(=O)OC)C(C)C)C6C(C)C6C)[nH]5)cc4)c4[nH]ccc34)cc2)[nH]1)C1C(C)C1C)C(C)C. The Morgan fingerprint density at radius 2 is 0.928 bits per heavy atom. The molecule has 0 bridgehead atoms. The van der Waals surface area contributed by atoms with Crippen molar-refractivity contribution in [3.63, 3.8) is 0 Å². The Balaban J connectivity index is 0.978. The summed E-state index contributed by atoms with van der Waals surface area (Å²) in [6, 6.07) is 21.1. The highest BCUT2D eigenvalue weighted by Crippen LogP contribution is 2.47. The summed E-state index contributed by atoms with van der Waals surface area (Å²) < 4.78 is 9.70. The zero-order valence-corrected chi connectivity index (χ0v) is 41.7. The molecule has 0 aliphatic heterocycles. The maximum Gasteiger partial charge on any atom is 0.407 e. The number of methoxy groups -OCH3 is 2. The first-order valence-corrected chi connectivity index (χ1v) is 24.2. The molecule has 2 fully saturated rings. The normalized spacial score (nSPS) is 21.3. The molecule has 5 N–H and O–H groups in total. The van der Waals surface area contributed by atoms with Crippen molar-refractivity contribution in [1.82, 2.24) is 45.4 Å². The summed E-state index contributed by atoms with van der Waals surface area (Å²) in [4.78, 5) is 76.6. The van der Waals surface area contributed by atoms with E-state index in [0.29, 0.717) is 35.3 Å². The molecule has 4 amide bonds. The number of benzene rings is 3. The molecule has 15 heteroatoms. The molecule has 0 spiro atoms. The van der Waals surface area contributed by atoms with Crippen molar-refractivity contribution < 1.29 is 28.7 Å². The van der Waals surface area contributed by atoms with Crippen LogP contribution in [0.25, 0.3) is 55.7 Å². The van der Waals surface area contributed by atoms with Crippen LogP contribution in [0, 0.1) is 35.5 Å². The van der Waals surface area contributed by atoms with E-state index in [1.54, 1.807) is 0 Å². The average Bonchev–Trinajstić information content (AvgIpc) is 3.82. The molecular weight excluding hydrogens is 871 g/mol. The summed E-state index contributed by atoms with van der Waals surface area (Å²) in [5, 5.41) is 6.62. The van der Waals surface area contributed by atoms with Crippen LogP contribution >= 0.6 is 0 Å². The summed E-state index contributed by atoms with van der Waals surface area (Å²) in [7, 11) is 2.60. The molecule has 8 atom stereocenters. The zero-order valence-electron chi connectivity index (χ0n) is 41.7. The van der Waals surface area contributed by atoms with Gasteiger partial charge < -0.3 is 44.9 Å². The van der Waals surface area contributed by atoms with Gasteiger partial charge in [-0.15, -0.1) is 0 Å². The quantitative estimate of drug-likeness (QED) is 0.0633. The van der Waals surface area contributed by atoms with E-state index in [0.717, 1.165) is 55.7 Å². The third-order valence-electron chi connectivity index (χ3n) is 15.0. The van der Waals surface area contributed by atoms with E-state index in [9.17, 15) is 19.2 Å². The van der Waals surface area contributed by atoms with Gasteiger partial charge in [0.15, 0.2) is 0 Å². The number of amides is 4. The van der Waals surface area contributed by atoms with Crippen LogP contribution in [0.4, 0.5) is 9.59 Å². The molecule has 2 aliphatic carbocycles. The van der Waals surface area contributed by atoms with Gasteiger partial charge in [-0.25, -0.2) is 19.6 Å². The fourth-order valence-corrected chi connectivity index (χ4v) is 10.2. The third-order valence-corrected chi connectivity index (χ3v) is 15.0. The van der Waals surface area contributed by atoms with Gasteiger partial charge in [-0.3, -0.25) is 9.59 Å². The zero-order chi connectivity index (χ0) is 49.6. The minimum atomic E-state index is -0.734. The second-order valence-electron chi connectivity index (χ2n) is 19.9. The van der Waals surface area contributed by atoms with E-state index in [1.165, 1.54) is 14.2 Å². The van der Waals surface area contributed by atoms with Crippen molar-refractivity contribution in [2.75, 3.05) is 14.2 Å². The van der Waals surface area contributed by atoms with Gasteiger partial charge in [0.2, 0.25) is 11.8 Å². The molecule has 8 unspecified atom stereocenters. The Bertz CT molecular complexity index is 2610. The van der Waals surface area contributed by atoms with Crippen LogP contribution < -0.4 is 10.6 Å². The second-order valence-corrected chi connectivity index (χ2v) is 19.9. The molecule has 3 aromatic heterocycles. The largest absolute Gasteiger partial charge is 0.453 e. The van der Waals surface area contributed by atoms with Gasteiger partial charge in [-0.1, -0.05) is 116 Å². The molecule has 0 saturated heterocycles. The number of hydrogen-bond acceptors (Lipinski definition) is 8. The Hall–Kier alpha value is -6.90. The number of carbonyl (C=O) groups excluding carboxylic acids is 4. The predicted molar refractivity (Wildman–Crippen MR) is 267 cm³/mol. The van der Waals surface area contributed by atoms with Crippen molar-refractivity contribution in [3.05, 3.63) is 97.0 Å². The highest BCUT2D eigenvalue weighted by molar-refractivity contribution is 6.03. The minimum Gasteiger partial charge on any atom is -0.453 e. The first kappa shape index (κ1) is 48.6. The van der Waals surface area contributed by atoms with Gasteiger partial charge in [0, 0.05) is 29.2 Å². The molecular formula is C54H67N9O6. The second kappa shape index (κ2) is 19.6. The Kier molecular flexibility index (Phi) is 13.8. The van der Waals surface area contributed by atoms with E-state index < -0.39 is 24.3 Å². The Morgan fingerprint density at radius 1 is 0.551 bits per heavy atom. The van der Waals surface area contributed by atoms with Gasteiger partial charge in [0.1, 0.15) is 23.7 Å². The van der Waals surface area contributed by atoms with Gasteiger partial charge in [0.25, 0.3) is 0 Å². The van der Waals surface area contributed by atoms with Crippen molar-refractivity contribution in [2.45, 2.75) is 105 Å². The third kappa shape index (κ3) is 9.47. The van der Waals surface area contributed by atoms with Crippen LogP contribution in [0.2, 0.25) is 0 Å². The lowest BCUT2D eigenvalue weighted by Crippen LogP contribution is -2.53. The van der Waals surface area contributed by atoms with Crippen LogP contribution in [0.3, 0.4) is 0 Å². The first-order valence-electron chi connectivity index (χ1n) is 24.2. The molecule has 69 heavy (non-hydrogen) atoms. The standard InChI is InChI=1S/C54H67N9O6/c1-27(2)44(60-53(66)68-11)51(64)62(47-29(5)30(47)6)33(9)49-56-25-42(58-49)37-17-13-35(14-18-37)39-21-22-40(46-41(39)23-24-55-46)36-15-19-38(20-16-36)43-26-57-50(59-43)34(10)63(48-31(7)32(48)8)52(65)45(28(3)4)61-54(67)69-12/h13-34,44-45,47-48,55H,1-12H3,(H,56,58)(H,57,59)(H,60,66)(H,61,67). The summed E-state index contributed by atoms with van der Waals surface area (Å²) in [5.74, 6) is 2.07. The van der Waals surface area contributed by atoms with Crippen LogP contribution in [-0.2, 0) is 19.1 Å². The van der Waals surface area contributed by atoms with Crippen molar-refractivity contribution in [2.24, 2.45) is 35.5 Å². The number of aromatic nitrogens is 5. The number of imidazole rings is 2. The number of fused-ring (bicyclic) bond motifs is 1. The van der Waals surface area contributed by atoms with E-state index in [2.05, 4.69) is 120 Å². The molecule has 6 aromatic rings. The molecule has 3 aromatic carbocycles. The van der Waals surface area contributed by atoms with E-state index >= 15 is 0 Å². The maximum absolute atomic E-state index is 14.1. The maximum atomic E-state index is 14.1. The highest BCUT2D eigenvalue weighted by atomic mass is 16.5. The smallest absolute Gasteiger partial charge is 0.407 e. The Morgan fingerprint density at radius 3 is 1.30 bits per heavy atom. The highest BCUT2D eigenvalue weighted by Gasteiger charge is 2.53. The topological polar surface area (TPSA) is 190 Å². The van der Waals surface area contributed by atoms with Crippen molar-refractivity contribution in [1.29, 1.82) is 0 Å². The summed E-state index contributed by atoms with van der Waals surface area (Å²) in [6.07, 6.45) is 4.34. The average molecular weight is 938 g/mol. The number of alkyl carbamates (subject to hydrolysis) is 2. The van der Waals surface area contributed by atoms with Gasteiger partial charge in [0.05, 0.1) is 55.6 Å². The molecule has 2 saturated carbocycles. The lowest BCUT2D eigenvalue weighted by molar-refractivity contribution is -0.138. The number of nitrogens with zero attached hydrogens (tertiary/aromatic N) is 4. The summed E-state index contributed by atoms with van der Waals surface area (Å²) in [6.45, 7) is 20.2. The van der Waals surface area contributed by atoms with E-state index in [-0.39, 0.29) is 47.8 Å². The molecule has 0 radical (unpaired) electrons. The van der Waals surface area contributed by atoms with Crippen LogP contribution in [-0.4, -0.2) is 97.1 Å². The predicted octanol–water partition coefficient (Wildman–Crippen LogP) is 10.1. The molecule has 364 valence electrons. The number of aromatic amines is 3. The number of rotatable bonds is 16. The lowest BCUT2D eigenvalue weighted by atomic mass is 9.95. The Labute approximate surface area is 404 Å². The fraction of sp³-hybridized carbons (Fsp3) is 0.444. The van der Waals surface area contributed by atoms with Crippen molar-refractivity contribution in [3.8, 4) is 44.8 Å². The molecule has 15 nitrogen and oxygen atoms in total. The van der Waals surface area contributed by atoms with Crippen LogP contribution in [0.15, 0.2) is 85.3 Å². The van der Waals surface area contributed by atoms with Gasteiger partial charge in [-0.05, 0) is 83.2 Å². The molecule has 3 heterocycles. The molecule has 8 rings (SSSR count). The van der Waals surface area contributed by atoms with Crippen LogP contribution in [0.1, 0.15) is 93.0 Å². The van der Waals surface area contributed by atoms with Crippen LogP contribution in [0.5, 0.6) is 0 Å². The summed E-state index contributed by atoms with van der Waals surface area (Å²) in [5.41, 5.74) is 8.95. The first-order chi connectivity index (χ1) is 32.9. The monoisotopic (exact) mass is 938 g/mol. The number of nitrogens with one attached hydrogen (secondary N) is 5. The minimum absolute atomic E-state index is 0.0307. The summed E-state index contributed by atoms with van der Waals surface area (Å²) >= 11 is 0. The van der Waals surface area contributed by atoms with E-state index in [4.69, 9.17) is 19.4 Å². The van der Waals surface area contributed by atoms with Gasteiger partial charge >= 0.3 is 12.2 Å². The number of H-pyrrole nitrogens is 3. The van der Waals surface area contributed by atoms with Crippen molar-refractivity contribution >= 4 is 34.9 Å². The number of ether oxygens (including phenoxy) is 2. The fourth-order valence-electron chi connectivity index (χ4n) is 10.2.